The van der Waals surface area contributed by atoms with Crippen LogP contribution in [0.4, 0.5) is 5.69 Å². The molecule has 0 saturated heterocycles. The molecule has 2 aromatic rings. The molecule has 2 aromatic carbocycles. The van der Waals surface area contributed by atoms with Gasteiger partial charge in [-0.1, -0.05) is 23.7 Å². The second-order valence-corrected chi connectivity index (χ2v) is 7.06. The maximum absolute atomic E-state index is 11.6. The Kier molecular flexibility index (Phi) is 4.26. The van der Waals surface area contributed by atoms with E-state index in [-0.39, 0.29) is 5.91 Å². The number of hydrogen-bond acceptors (Lipinski definition) is 3. The van der Waals surface area contributed by atoms with Crippen molar-refractivity contribution in [1.82, 2.24) is 0 Å². The van der Waals surface area contributed by atoms with Crippen LogP contribution >= 0.6 is 39.3 Å². The molecule has 1 aliphatic rings. The van der Waals surface area contributed by atoms with Crippen molar-refractivity contribution in [2.24, 2.45) is 5.73 Å². The second kappa shape index (κ2) is 6.01. The van der Waals surface area contributed by atoms with Crippen LogP contribution < -0.4 is 11.1 Å². The average Bonchev–Trinajstić information content (AvgIpc) is 2.73. The van der Waals surface area contributed by atoms with Gasteiger partial charge in [0.2, 0.25) is 5.91 Å². The molecule has 0 fully saturated rings. The van der Waals surface area contributed by atoms with Gasteiger partial charge in [-0.05, 0) is 45.8 Å². The van der Waals surface area contributed by atoms with Gasteiger partial charge in [0.05, 0.1) is 0 Å². The Morgan fingerprint density at radius 2 is 2.00 bits per heavy atom. The van der Waals surface area contributed by atoms with E-state index in [2.05, 4.69) is 21.2 Å². The van der Waals surface area contributed by atoms with Crippen molar-refractivity contribution >= 4 is 50.9 Å². The third-order valence-electron chi connectivity index (χ3n) is 3.29. The summed E-state index contributed by atoms with van der Waals surface area (Å²) < 4.78 is 0.951. The fourth-order valence-electron chi connectivity index (χ4n) is 2.14. The van der Waals surface area contributed by atoms with Gasteiger partial charge in [-0.15, -0.1) is 11.8 Å². The Morgan fingerprint density at radius 3 is 2.71 bits per heavy atom. The molecule has 0 spiro atoms. The first-order valence-corrected chi connectivity index (χ1v) is 8.47. The lowest BCUT2D eigenvalue weighted by atomic mass is 10.1. The van der Waals surface area contributed by atoms with Crippen molar-refractivity contribution in [3.8, 4) is 0 Å². The van der Waals surface area contributed by atoms with Gasteiger partial charge in [0.25, 0.3) is 0 Å². The lowest BCUT2D eigenvalue weighted by Crippen LogP contribution is -2.19. The SMILES string of the molecule is NC1C(=O)Nc2cc(SCc3ccc(Cl)cc3)c(Br)cc21. The molecule has 0 aromatic heterocycles. The summed E-state index contributed by atoms with van der Waals surface area (Å²) in [5, 5.41) is 3.54. The predicted molar refractivity (Wildman–Crippen MR) is 90.7 cm³/mol. The smallest absolute Gasteiger partial charge is 0.245 e. The number of carbonyl (C=O) groups is 1. The number of thioether (sulfide) groups is 1. The number of hydrogen-bond donors (Lipinski definition) is 2. The normalized spacial score (nSPS) is 16.7. The summed E-state index contributed by atoms with van der Waals surface area (Å²) in [5.41, 5.74) is 8.66. The average molecular weight is 384 g/mol. The maximum atomic E-state index is 11.6. The molecule has 0 radical (unpaired) electrons. The Labute approximate surface area is 140 Å². The van der Waals surface area contributed by atoms with E-state index >= 15 is 0 Å². The second-order valence-electron chi connectivity index (χ2n) is 4.75. The molecule has 0 aliphatic carbocycles. The quantitative estimate of drug-likeness (QED) is 0.775. The van der Waals surface area contributed by atoms with Crippen molar-refractivity contribution in [2.75, 3.05) is 5.32 Å². The zero-order valence-corrected chi connectivity index (χ0v) is 14.1. The number of benzene rings is 2. The van der Waals surface area contributed by atoms with Crippen molar-refractivity contribution in [1.29, 1.82) is 0 Å². The Hall–Kier alpha value is -1.01. The van der Waals surface area contributed by atoms with Gasteiger partial charge in [-0.3, -0.25) is 4.79 Å². The molecular formula is C15H12BrClN2OS. The number of anilines is 1. The van der Waals surface area contributed by atoms with Crippen LogP contribution in [0.25, 0.3) is 0 Å². The predicted octanol–water partition coefficient (Wildman–Crippen LogP) is 4.35. The van der Waals surface area contributed by atoms with Gasteiger partial charge in [-0.2, -0.15) is 0 Å². The highest BCUT2D eigenvalue weighted by Gasteiger charge is 2.28. The summed E-state index contributed by atoms with van der Waals surface area (Å²) in [6.45, 7) is 0. The van der Waals surface area contributed by atoms with Crippen molar-refractivity contribution in [3.05, 3.63) is 57.0 Å². The molecule has 6 heteroatoms. The van der Waals surface area contributed by atoms with Gasteiger partial charge in [-0.25, -0.2) is 0 Å². The van der Waals surface area contributed by atoms with Crippen LogP contribution in [-0.4, -0.2) is 5.91 Å². The van der Waals surface area contributed by atoms with Crippen LogP contribution in [0.2, 0.25) is 5.02 Å². The summed E-state index contributed by atoms with van der Waals surface area (Å²) in [5.74, 6) is 0.672. The summed E-state index contributed by atoms with van der Waals surface area (Å²) in [7, 11) is 0. The largest absolute Gasteiger partial charge is 0.324 e. The third kappa shape index (κ3) is 3.11. The van der Waals surface area contributed by atoms with E-state index in [9.17, 15) is 4.79 Å². The molecule has 3 N–H and O–H groups in total. The number of fused-ring (bicyclic) bond motifs is 1. The molecular weight excluding hydrogens is 372 g/mol. The highest BCUT2D eigenvalue weighted by Crippen LogP contribution is 2.39. The molecule has 1 amide bonds. The number of carbonyl (C=O) groups excluding carboxylic acids is 1. The van der Waals surface area contributed by atoms with Crippen molar-refractivity contribution in [2.45, 2.75) is 16.7 Å². The summed E-state index contributed by atoms with van der Waals surface area (Å²) in [6.07, 6.45) is 0. The van der Waals surface area contributed by atoms with E-state index in [1.54, 1.807) is 11.8 Å². The minimum Gasteiger partial charge on any atom is -0.324 e. The molecule has 108 valence electrons. The molecule has 0 saturated carbocycles. The van der Waals surface area contributed by atoms with Gasteiger partial charge in [0, 0.05) is 31.4 Å². The van der Waals surface area contributed by atoms with Gasteiger partial charge >= 0.3 is 0 Å². The Bertz CT molecular complexity index is 706. The van der Waals surface area contributed by atoms with E-state index in [0.29, 0.717) is 0 Å². The standard InChI is InChI=1S/C15H12BrClN2OS/c16-11-5-10-12(19-15(20)14(10)18)6-13(11)21-7-8-1-3-9(17)4-2-8/h1-6,14H,7,18H2,(H,19,20). The molecule has 3 rings (SSSR count). The number of nitrogens with two attached hydrogens (primary N) is 1. The summed E-state index contributed by atoms with van der Waals surface area (Å²) >= 11 is 11.1. The highest BCUT2D eigenvalue weighted by molar-refractivity contribution is 9.10. The van der Waals surface area contributed by atoms with Gasteiger partial charge in [0.1, 0.15) is 6.04 Å². The van der Waals surface area contributed by atoms with Gasteiger partial charge in [0.15, 0.2) is 0 Å². The van der Waals surface area contributed by atoms with E-state index < -0.39 is 6.04 Å². The van der Waals surface area contributed by atoms with Crippen LogP contribution in [-0.2, 0) is 10.5 Å². The molecule has 1 aliphatic heterocycles. The van der Waals surface area contributed by atoms with Crippen molar-refractivity contribution < 1.29 is 4.79 Å². The highest BCUT2D eigenvalue weighted by atomic mass is 79.9. The zero-order chi connectivity index (χ0) is 15.0. The van der Waals surface area contributed by atoms with Crippen molar-refractivity contribution in [3.63, 3.8) is 0 Å². The first kappa shape index (κ1) is 14.9. The molecule has 1 atom stereocenters. The number of halogens is 2. The Morgan fingerprint density at radius 1 is 1.29 bits per heavy atom. The first-order valence-electron chi connectivity index (χ1n) is 6.32. The van der Waals surface area contributed by atoms with Crippen LogP contribution in [0.3, 0.4) is 0 Å². The van der Waals surface area contributed by atoms with E-state index in [4.69, 9.17) is 17.3 Å². The Balaban J connectivity index is 1.79. The van der Waals surface area contributed by atoms with Crippen LogP contribution in [0.1, 0.15) is 17.2 Å². The number of rotatable bonds is 3. The third-order valence-corrected chi connectivity index (χ3v) is 5.58. The fourth-order valence-corrected chi connectivity index (χ4v) is 3.88. The van der Waals surface area contributed by atoms with Gasteiger partial charge < -0.3 is 11.1 Å². The van der Waals surface area contributed by atoms with E-state index in [1.807, 2.05) is 36.4 Å². The molecule has 1 heterocycles. The van der Waals surface area contributed by atoms with Crippen LogP contribution in [0, 0.1) is 0 Å². The van der Waals surface area contributed by atoms with Crippen LogP contribution in [0.15, 0.2) is 45.8 Å². The fraction of sp³-hybridized carbons (Fsp3) is 0.133. The van der Waals surface area contributed by atoms with Crippen LogP contribution in [0.5, 0.6) is 0 Å². The molecule has 1 unspecified atom stereocenters. The van der Waals surface area contributed by atoms with E-state index in [0.717, 1.165) is 31.4 Å². The monoisotopic (exact) mass is 382 g/mol. The topological polar surface area (TPSA) is 55.1 Å². The zero-order valence-electron chi connectivity index (χ0n) is 10.9. The lowest BCUT2D eigenvalue weighted by Gasteiger charge is -2.08. The minimum atomic E-state index is -0.577. The van der Waals surface area contributed by atoms with E-state index in [1.165, 1.54) is 5.56 Å². The first-order chi connectivity index (χ1) is 10.0. The molecule has 0 bridgehead atoms. The summed E-state index contributed by atoms with van der Waals surface area (Å²) in [6, 6.07) is 11.1. The maximum Gasteiger partial charge on any atom is 0.245 e. The molecule has 3 nitrogen and oxygen atoms in total. The number of amides is 1. The summed E-state index contributed by atoms with van der Waals surface area (Å²) in [4.78, 5) is 12.7. The molecule has 21 heavy (non-hydrogen) atoms. The minimum absolute atomic E-state index is 0.156. The lowest BCUT2D eigenvalue weighted by molar-refractivity contribution is -0.116. The number of nitrogens with one attached hydrogen (secondary N) is 1.